The molecule has 0 radical (unpaired) electrons. The molecule has 2 rings (SSSR count). The summed E-state index contributed by atoms with van der Waals surface area (Å²) in [6, 6.07) is 7.01. The number of H-pyrrole nitrogens is 1. The fourth-order valence-electron chi connectivity index (χ4n) is 2.09. The molecule has 6 nitrogen and oxygen atoms in total. The van der Waals surface area contributed by atoms with Gasteiger partial charge in [-0.05, 0) is 18.2 Å². The first-order valence-electron chi connectivity index (χ1n) is 6.24. The SMILES string of the molecule is CCN(CCC#N)S(=O)(=O)c1c[nH]c2cc(N)ccc12. The molecule has 106 valence electrons. The van der Waals surface area contributed by atoms with Gasteiger partial charge in [-0.1, -0.05) is 6.92 Å². The molecule has 0 unspecified atom stereocenters. The van der Waals surface area contributed by atoms with Crippen molar-refractivity contribution in [1.29, 1.82) is 5.26 Å². The van der Waals surface area contributed by atoms with Crippen LogP contribution in [-0.2, 0) is 10.0 Å². The third kappa shape index (κ3) is 2.48. The molecule has 0 fully saturated rings. The molecule has 1 heterocycles. The van der Waals surface area contributed by atoms with E-state index in [-0.39, 0.29) is 17.9 Å². The number of hydrogen-bond acceptors (Lipinski definition) is 4. The number of anilines is 1. The van der Waals surface area contributed by atoms with Gasteiger partial charge in [0.15, 0.2) is 0 Å². The van der Waals surface area contributed by atoms with Crippen LogP contribution in [0, 0.1) is 11.3 Å². The predicted octanol–water partition coefficient (Wildman–Crippen LogP) is 1.67. The maximum atomic E-state index is 12.6. The summed E-state index contributed by atoms with van der Waals surface area (Å²) in [4.78, 5) is 3.13. The minimum Gasteiger partial charge on any atom is -0.399 e. The van der Waals surface area contributed by atoms with Crippen molar-refractivity contribution in [1.82, 2.24) is 9.29 Å². The van der Waals surface area contributed by atoms with Crippen LogP contribution in [-0.4, -0.2) is 30.8 Å². The highest BCUT2D eigenvalue weighted by molar-refractivity contribution is 7.89. The fourth-order valence-corrected chi connectivity index (χ4v) is 3.71. The molecule has 0 saturated carbocycles. The summed E-state index contributed by atoms with van der Waals surface area (Å²) in [5, 5.41) is 9.22. The van der Waals surface area contributed by atoms with Crippen LogP contribution in [0.25, 0.3) is 10.9 Å². The first-order valence-corrected chi connectivity index (χ1v) is 7.68. The van der Waals surface area contributed by atoms with Crippen LogP contribution in [0.3, 0.4) is 0 Å². The van der Waals surface area contributed by atoms with Gasteiger partial charge >= 0.3 is 0 Å². The highest BCUT2D eigenvalue weighted by Crippen LogP contribution is 2.27. The number of hydrogen-bond donors (Lipinski definition) is 2. The molecular formula is C13H16N4O2S. The van der Waals surface area contributed by atoms with E-state index < -0.39 is 10.0 Å². The van der Waals surface area contributed by atoms with E-state index in [9.17, 15) is 8.42 Å². The fraction of sp³-hybridized carbons (Fsp3) is 0.308. The van der Waals surface area contributed by atoms with E-state index in [1.807, 2.05) is 6.07 Å². The van der Waals surface area contributed by atoms with Crippen molar-refractivity contribution in [2.45, 2.75) is 18.2 Å². The minimum atomic E-state index is -3.61. The number of aromatic nitrogens is 1. The zero-order chi connectivity index (χ0) is 14.8. The van der Waals surface area contributed by atoms with Crippen LogP contribution in [0.5, 0.6) is 0 Å². The third-order valence-electron chi connectivity index (χ3n) is 3.11. The Balaban J connectivity index is 2.48. The van der Waals surface area contributed by atoms with Gasteiger partial charge in [0.2, 0.25) is 10.0 Å². The number of rotatable bonds is 5. The molecule has 2 aromatic rings. The number of aromatic amines is 1. The molecule has 1 aromatic heterocycles. The summed E-state index contributed by atoms with van der Waals surface area (Å²) < 4.78 is 26.5. The van der Waals surface area contributed by atoms with Gasteiger partial charge in [-0.3, -0.25) is 0 Å². The minimum absolute atomic E-state index is 0.169. The Morgan fingerprint density at radius 2 is 2.20 bits per heavy atom. The summed E-state index contributed by atoms with van der Waals surface area (Å²) in [5.41, 5.74) is 6.93. The van der Waals surface area contributed by atoms with Gasteiger partial charge in [0.05, 0.1) is 6.07 Å². The van der Waals surface area contributed by atoms with Crippen molar-refractivity contribution in [3.63, 3.8) is 0 Å². The number of nitrogens with two attached hydrogens (primary N) is 1. The highest BCUT2D eigenvalue weighted by Gasteiger charge is 2.25. The summed E-state index contributed by atoms with van der Waals surface area (Å²) >= 11 is 0. The van der Waals surface area contributed by atoms with Gasteiger partial charge in [0, 0.05) is 42.3 Å². The summed E-state index contributed by atoms with van der Waals surface area (Å²) in [6.07, 6.45) is 1.64. The lowest BCUT2D eigenvalue weighted by molar-refractivity contribution is 0.435. The summed E-state index contributed by atoms with van der Waals surface area (Å²) in [5.74, 6) is 0. The number of benzene rings is 1. The van der Waals surface area contributed by atoms with Gasteiger partial charge in [-0.15, -0.1) is 0 Å². The molecule has 20 heavy (non-hydrogen) atoms. The molecule has 0 bridgehead atoms. The molecule has 0 atom stereocenters. The van der Waals surface area contributed by atoms with Crippen LogP contribution in [0.4, 0.5) is 5.69 Å². The Labute approximate surface area is 117 Å². The molecule has 0 aliphatic carbocycles. The number of nitrogens with one attached hydrogen (secondary N) is 1. The monoisotopic (exact) mass is 292 g/mol. The van der Waals surface area contributed by atoms with Gasteiger partial charge in [0.1, 0.15) is 4.90 Å². The second-order valence-electron chi connectivity index (χ2n) is 4.36. The second kappa shape index (κ2) is 5.53. The van der Waals surface area contributed by atoms with E-state index in [0.29, 0.717) is 23.1 Å². The van der Waals surface area contributed by atoms with Crippen molar-refractivity contribution < 1.29 is 8.42 Å². The lowest BCUT2D eigenvalue weighted by Crippen LogP contribution is -2.31. The third-order valence-corrected chi connectivity index (χ3v) is 5.13. The molecule has 0 saturated heterocycles. The molecule has 0 spiro atoms. The van der Waals surface area contributed by atoms with E-state index in [1.54, 1.807) is 25.1 Å². The van der Waals surface area contributed by atoms with E-state index in [4.69, 9.17) is 11.0 Å². The van der Waals surface area contributed by atoms with Gasteiger partial charge in [0.25, 0.3) is 0 Å². The first kappa shape index (κ1) is 14.4. The zero-order valence-corrected chi connectivity index (χ0v) is 11.9. The number of fused-ring (bicyclic) bond motifs is 1. The number of sulfonamides is 1. The van der Waals surface area contributed by atoms with Crippen molar-refractivity contribution in [3.05, 3.63) is 24.4 Å². The van der Waals surface area contributed by atoms with Crippen molar-refractivity contribution in [2.75, 3.05) is 18.8 Å². The number of nitrogen functional groups attached to an aromatic ring is 1. The van der Waals surface area contributed by atoms with Crippen molar-refractivity contribution >= 4 is 26.6 Å². The predicted molar refractivity (Wildman–Crippen MR) is 77.4 cm³/mol. The average molecular weight is 292 g/mol. The largest absolute Gasteiger partial charge is 0.399 e. The van der Waals surface area contributed by atoms with Crippen molar-refractivity contribution in [2.24, 2.45) is 0 Å². The van der Waals surface area contributed by atoms with Gasteiger partial charge in [-0.2, -0.15) is 9.57 Å². The second-order valence-corrected chi connectivity index (χ2v) is 6.27. The Morgan fingerprint density at radius 3 is 2.85 bits per heavy atom. The lowest BCUT2D eigenvalue weighted by Gasteiger charge is -2.18. The van der Waals surface area contributed by atoms with Gasteiger partial charge in [-0.25, -0.2) is 8.42 Å². The van der Waals surface area contributed by atoms with Crippen LogP contribution in [0.15, 0.2) is 29.3 Å². The summed E-state index contributed by atoms with van der Waals surface area (Å²) in [7, 11) is -3.61. The lowest BCUT2D eigenvalue weighted by atomic mass is 10.2. The quantitative estimate of drug-likeness (QED) is 0.818. The van der Waals surface area contributed by atoms with E-state index in [2.05, 4.69) is 4.98 Å². The average Bonchev–Trinajstić information content (AvgIpc) is 2.82. The van der Waals surface area contributed by atoms with E-state index in [0.717, 1.165) is 0 Å². The molecule has 0 aliphatic heterocycles. The zero-order valence-electron chi connectivity index (χ0n) is 11.1. The molecule has 7 heteroatoms. The topological polar surface area (TPSA) is 103 Å². The van der Waals surface area contributed by atoms with E-state index >= 15 is 0 Å². The van der Waals surface area contributed by atoms with E-state index in [1.165, 1.54) is 10.5 Å². The van der Waals surface area contributed by atoms with Gasteiger partial charge < -0.3 is 10.7 Å². The number of nitriles is 1. The normalized spacial score (nSPS) is 11.8. The molecule has 1 aromatic carbocycles. The first-order chi connectivity index (χ1) is 9.50. The molecule has 3 N–H and O–H groups in total. The smallest absolute Gasteiger partial charge is 0.245 e. The Kier molecular flexibility index (Phi) is 3.97. The standard InChI is InChI=1S/C13H16N4O2S/c1-2-17(7-3-6-14)20(18,19)13-9-16-12-8-10(15)4-5-11(12)13/h4-5,8-9,16H,2-3,7,15H2,1H3. The molecular weight excluding hydrogens is 276 g/mol. The van der Waals surface area contributed by atoms with Crippen LogP contribution >= 0.6 is 0 Å². The summed E-state index contributed by atoms with van der Waals surface area (Å²) in [6.45, 7) is 2.27. The number of nitrogens with zero attached hydrogens (tertiary/aromatic N) is 2. The van der Waals surface area contributed by atoms with Crippen molar-refractivity contribution in [3.8, 4) is 6.07 Å². The van der Waals surface area contributed by atoms with Crippen LogP contribution < -0.4 is 5.73 Å². The Bertz CT molecular complexity index is 758. The Morgan fingerprint density at radius 1 is 1.45 bits per heavy atom. The highest BCUT2D eigenvalue weighted by atomic mass is 32.2. The maximum absolute atomic E-state index is 12.6. The maximum Gasteiger partial charge on any atom is 0.245 e. The molecule has 0 amide bonds. The Hall–Kier alpha value is -2.04. The molecule has 0 aliphatic rings. The van der Waals surface area contributed by atoms with Crippen LogP contribution in [0.1, 0.15) is 13.3 Å². The van der Waals surface area contributed by atoms with Crippen LogP contribution in [0.2, 0.25) is 0 Å².